The molecule has 4 heteroatoms. The lowest BCUT2D eigenvalue weighted by Crippen LogP contribution is -2.27. The molecule has 3 aromatic rings. The summed E-state index contributed by atoms with van der Waals surface area (Å²) in [6.07, 6.45) is 1.59. The molecule has 134 valence electrons. The van der Waals surface area contributed by atoms with Crippen LogP contribution in [-0.4, -0.2) is 13.0 Å². The zero-order valence-electron chi connectivity index (χ0n) is 15.3. The predicted octanol–water partition coefficient (Wildman–Crippen LogP) is 4.63. The molecule has 0 heterocycles. The van der Waals surface area contributed by atoms with E-state index in [1.807, 2.05) is 79.7 Å². The summed E-state index contributed by atoms with van der Waals surface area (Å²) in [5, 5.41) is 14.4. The largest absolute Gasteiger partial charge is 0.496 e. The van der Waals surface area contributed by atoms with Gasteiger partial charge in [-0.3, -0.25) is 4.79 Å². The van der Waals surface area contributed by atoms with E-state index in [1.54, 1.807) is 13.2 Å². The van der Waals surface area contributed by atoms with E-state index in [4.69, 9.17) is 4.74 Å². The smallest absolute Gasteiger partial charge is 0.262 e. The highest BCUT2D eigenvalue weighted by atomic mass is 16.5. The highest BCUT2D eigenvalue weighted by Gasteiger charge is 2.15. The summed E-state index contributed by atoms with van der Waals surface area (Å²) in [6.45, 7) is 1.89. The van der Waals surface area contributed by atoms with Crippen LogP contribution >= 0.6 is 0 Å². The average molecular weight is 356 g/mol. The van der Waals surface area contributed by atoms with Gasteiger partial charge in [0.2, 0.25) is 0 Å². The number of nitrogens with one attached hydrogen (secondary N) is 1. The lowest BCUT2D eigenvalue weighted by Gasteiger charge is -2.14. The van der Waals surface area contributed by atoms with Gasteiger partial charge < -0.3 is 10.1 Å². The van der Waals surface area contributed by atoms with Gasteiger partial charge in [-0.25, -0.2) is 0 Å². The van der Waals surface area contributed by atoms with Crippen molar-refractivity contribution in [3.05, 3.63) is 83.4 Å². The van der Waals surface area contributed by atoms with Gasteiger partial charge in [0.1, 0.15) is 17.4 Å². The Balaban J connectivity index is 1.96. The third-order valence-electron chi connectivity index (χ3n) is 4.45. The topological polar surface area (TPSA) is 62.1 Å². The number of methoxy groups -OCH3 is 1. The van der Waals surface area contributed by atoms with Crippen molar-refractivity contribution in [3.8, 4) is 11.8 Å². The first-order chi connectivity index (χ1) is 13.1. The molecule has 0 spiro atoms. The number of carbonyl (C=O) groups excluding carboxylic acids is 1. The van der Waals surface area contributed by atoms with Gasteiger partial charge in [0.25, 0.3) is 5.91 Å². The van der Waals surface area contributed by atoms with Crippen LogP contribution in [0.4, 0.5) is 0 Å². The fraction of sp³-hybridized carbons (Fsp3) is 0.130. The molecule has 27 heavy (non-hydrogen) atoms. The number of rotatable bonds is 5. The Hall–Kier alpha value is -3.58. The molecule has 1 amide bonds. The Bertz CT molecular complexity index is 1030. The van der Waals surface area contributed by atoms with E-state index in [0.29, 0.717) is 5.75 Å². The second kappa shape index (κ2) is 8.20. The number of fused-ring (bicyclic) bond motifs is 1. The standard InChI is InChI=1S/C23H20N2O2/c1-16(17-8-4-3-5-9-17)25-23(26)19(15-24)14-21-20-11-7-6-10-18(20)12-13-22(21)27-2/h3-14,16H,1-2H3,(H,25,26)/b19-14+/t16-/m1/s1. The number of nitriles is 1. The van der Waals surface area contributed by atoms with Crippen LogP contribution in [0.2, 0.25) is 0 Å². The molecule has 0 fully saturated rings. The van der Waals surface area contributed by atoms with Crippen molar-refractivity contribution in [2.45, 2.75) is 13.0 Å². The Morgan fingerprint density at radius 1 is 1.07 bits per heavy atom. The Kier molecular flexibility index (Phi) is 5.53. The van der Waals surface area contributed by atoms with Gasteiger partial charge in [0.05, 0.1) is 13.2 Å². The van der Waals surface area contributed by atoms with Crippen molar-refractivity contribution in [1.82, 2.24) is 5.32 Å². The van der Waals surface area contributed by atoms with Crippen molar-refractivity contribution in [1.29, 1.82) is 5.26 Å². The highest BCUT2D eigenvalue weighted by Crippen LogP contribution is 2.30. The minimum atomic E-state index is -0.413. The molecule has 3 aromatic carbocycles. The molecule has 0 saturated carbocycles. The van der Waals surface area contributed by atoms with E-state index in [-0.39, 0.29) is 11.6 Å². The minimum Gasteiger partial charge on any atom is -0.496 e. The molecule has 0 saturated heterocycles. The fourth-order valence-electron chi connectivity index (χ4n) is 2.99. The first-order valence-corrected chi connectivity index (χ1v) is 8.67. The molecule has 4 nitrogen and oxygen atoms in total. The third-order valence-corrected chi connectivity index (χ3v) is 4.45. The molecular formula is C23H20N2O2. The Labute approximate surface area is 158 Å². The van der Waals surface area contributed by atoms with Crippen LogP contribution in [0.15, 0.2) is 72.3 Å². The van der Waals surface area contributed by atoms with Crippen LogP contribution < -0.4 is 10.1 Å². The van der Waals surface area contributed by atoms with Gasteiger partial charge in [-0.05, 0) is 35.4 Å². The number of nitrogens with zero attached hydrogens (tertiary/aromatic N) is 1. The molecule has 0 bridgehead atoms. The SMILES string of the molecule is COc1ccc2ccccc2c1/C=C(\C#N)C(=O)N[C@H](C)c1ccccc1. The Morgan fingerprint density at radius 3 is 2.48 bits per heavy atom. The molecule has 0 unspecified atom stereocenters. The summed E-state index contributed by atoms with van der Waals surface area (Å²) in [6, 6.07) is 23.0. The van der Waals surface area contributed by atoms with Crippen LogP contribution in [0.25, 0.3) is 16.8 Å². The molecule has 0 aliphatic rings. The van der Waals surface area contributed by atoms with Crippen LogP contribution in [0.3, 0.4) is 0 Å². The van der Waals surface area contributed by atoms with E-state index < -0.39 is 5.91 Å². The van der Waals surface area contributed by atoms with Crippen molar-refractivity contribution >= 4 is 22.8 Å². The number of carbonyl (C=O) groups is 1. The van der Waals surface area contributed by atoms with Crippen LogP contribution in [0.1, 0.15) is 24.1 Å². The van der Waals surface area contributed by atoms with E-state index in [0.717, 1.165) is 21.9 Å². The predicted molar refractivity (Wildman–Crippen MR) is 107 cm³/mol. The third kappa shape index (κ3) is 3.99. The summed E-state index contributed by atoms with van der Waals surface area (Å²) in [7, 11) is 1.57. The monoisotopic (exact) mass is 356 g/mol. The van der Waals surface area contributed by atoms with E-state index in [9.17, 15) is 10.1 Å². The average Bonchev–Trinajstić information content (AvgIpc) is 2.72. The van der Waals surface area contributed by atoms with Crippen LogP contribution in [0.5, 0.6) is 5.75 Å². The number of amides is 1. The van der Waals surface area contributed by atoms with Crippen molar-refractivity contribution < 1.29 is 9.53 Å². The second-order valence-electron chi connectivity index (χ2n) is 6.18. The van der Waals surface area contributed by atoms with E-state index in [1.165, 1.54) is 0 Å². The fourth-order valence-corrected chi connectivity index (χ4v) is 2.99. The molecule has 0 aromatic heterocycles. The summed E-state index contributed by atoms with van der Waals surface area (Å²) < 4.78 is 5.44. The normalized spacial score (nSPS) is 12.3. The summed E-state index contributed by atoms with van der Waals surface area (Å²) >= 11 is 0. The van der Waals surface area contributed by atoms with Gasteiger partial charge >= 0.3 is 0 Å². The molecular weight excluding hydrogens is 336 g/mol. The highest BCUT2D eigenvalue weighted by molar-refractivity contribution is 6.05. The molecule has 1 N–H and O–H groups in total. The maximum Gasteiger partial charge on any atom is 0.262 e. The summed E-state index contributed by atoms with van der Waals surface area (Å²) in [4.78, 5) is 12.7. The Morgan fingerprint density at radius 2 is 1.78 bits per heavy atom. The molecule has 3 rings (SSSR count). The van der Waals surface area contributed by atoms with E-state index in [2.05, 4.69) is 5.32 Å². The zero-order chi connectivity index (χ0) is 19.2. The maximum absolute atomic E-state index is 12.7. The number of ether oxygens (including phenoxy) is 1. The maximum atomic E-state index is 12.7. The minimum absolute atomic E-state index is 0.0347. The first kappa shape index (κ1) is 18.2. The van der Waals surface area contributed by atoms with Gasteiger partial charge in [-0.15, -0.1) is 0 Å². The van der Waals surface area contributed by atoms with Gasteiger partial charge in [-0.1, -0.05) is 60.7 Å². The van der Waals surface area contributed by atoms with E-state index >= 15 is 0 Å². The quantitative estimate of drug-likeness (QED) is 0.535. The van der Waals surface area contributed by atoms with Crippen molar-refractivity contribution in [3.63, 3.8) is 0 Å². The van der Waals surface area contributed by atoms with Gasteiger partial charge in [0, 0.05) is 5.56 Å². The lowest BCUT2D eigenvalue weighted by molar-refractivity contribution is -0.117. The molecule has 0 aliphatic carbocycles. The molecule has 0 radical (unpaired) electrons. The number of hydrogen-bond donors (Lipinski definition) is 1. The second-order valence-corrected chi connectivity index (χ2v) is 6.18. The van der Waals surface area contributed by atoms with Gasteiger partial charge in [0.15, 0.2) is 0 Å². The van der Waals surface area contributed by atoms with Crippen LogP contribution in [-0.2, 0) is 4.79 Å². The van der Waals surface area contributed by atoms with Gasteiger partial charge in [-0.2, -0.15) is 5.26 Å². The van der Waals surface area contributed by atoms with Crippen LogP contribution in [0, 0.1) is 11.3 Å². The molecule has 1 atom stereocenters. The lowest BCUT2D eigenvalue weighted by atomic mass is 10.0. The molecule has 0 aliphatic heterocycles. The first-order valence-electron chi connectivity index (χ1n) is 8.67. The zero-order valence-corrected chi connectivity index (χ0v) is 15.3. The number of hydrogen-bond acceptors (Lipinski definition) is 3. The summed E-state index contributed by atoms with van der Waals surface area (Å²) in [5.41, 5.74) is 1.73. The van der Waals surface area contributed by atoms with Crippen molar-refractivity contribution in [2.24, 2.45) is 0 Å². The summed E-state index contributed by atoms with van der Waals surface area (Å²) in [5.74, 6) is 0.203. The van der Waals surface area contributed by atoms with Crippen molar-refractivity contribution in [2.75, 3.05) is 7.11 Å². The number of benzene rings is 3.